The highest BCUT2D eigenvalue weighted by molar-refractivity contribution is 6.76. The molecule has 6 aromatic carbocycles. The van der Waals surface area contributed by atoms with Gasteiger partial charge in [0.25, 0.3) is 5.24 Å². The van der Waals surface area contributed by atoms with E-state index in [4.69, 9.17) is 111 Å². The first kappa shape index (κ1) is 76.5. The molecule has 0 atom stereocenters. The van der Waals surface area contributed by atoms with Crippen molar-refractivity contribution in [1.29, 1.82) is 0 Å². The molecule has 0 amide bonds. The topological polar surface area (TPSA) is 348 Å². The van der Waals surface area contributed by atoms with Crippen LogP contribution in [0.15, 0.2) is 124 Å². The van der Waals surface area contributed by atoms with Crippen LogP contribution in [0.4, 0.5) is 5.69 Å². The van der Waals surface area contributed by atoms with Gasteiger partial charge < -0.3 is 29.4 Å². The number of aromatic amines is 3. The van der Waals surface area contributed by atoms with Crippen LogP contribution >= 0.6 is 81.2 Å². The molecule has 5 N–H and O–H groups in total. The van der Waals surface area contributed by atoms with Crippen LogP contribution in [0.1, 0.15) is 72.4 Å². The van der Waals surface area contributed by atoms with Crippen molar-refractivity contribution in [1.82, 2.24) is 50.0 Å². The highest BCUT2D eigenvalue weighted by atomic mass is 35.5. The lowest BCUT2D eigenvalue weighted by molar-refractivity contribution is 0.0814. The first-order valence-corrected chi connectivity index (χ1v) is 40.7. The number of nitrogens with one attached hydrogen (secondary N) is 3. The van der Waals surface area contributed by atoms with Gasteiger partial charge in [-0.1, -0.05) is 130 Å². The summed E-state index contributed by atoms with van der Waals surface area (Å²) in [5.74, 6) is -1.16. The Bertz CT molecular complexity index is 5040. The number of halogens is 7. The van der Waals surface area contributed by atoms with Gasteiger partial charge in [-0.3, -0.25) is 47.9 Å². The molecule has 0 fully saturated rings. The predicted octanol–water partition coefficient (Wildman–Crippen LogP) is 16.1. The van der Waals surface area contributed by atoms with Crippen LogP contribution in [-0.4, -0.2) is 102 Å². The van der Waals surface area contributed by atoms with Gasteiger partial charge >= 0.3 is 17.3 Å². The van der Waals surface area contributed by atoms with Gasteiger partial charge in [0.15, 0.2) is 17.2 Å². The highest BCUT2D eigenvalue weighted by Gasteiger charge is 2.22. The maximum atomic E-state index is 12.3. The Morgan fingerprint density at radius 3 is 1.25 bits per heavy atom. The summed E-state index contributed by atoms with van der Waals surface area (Å²) in [6.07, 6.45) is -0.136. The van der Waals surface area contributed by atoms with Crippen LogP contribution in [0.25, 0.3) is 21.8 Å². The Morgan fingerprint density at radius 2 is 0.891 bits per heavy atom. The van der Waals surface area contributed by atoms with Crippen molar-refractivity contribution in [2.75, 3.05) is 18.9 Å². The van der Waals surface area contributed by atoms with Crippen molar-refractivity contribution < 1.29 is 51.6 Å². The molecule has 0 spiro atoms. The molecule has 0 unspecified atom stereocenters. The number of benzene rings is 6. The lowest BCUT2D eigenvalue weighted by Crippen LogP contribution is -2.22. The molecule has 5 aromatic heterocycles. The van der Waals surface area contributed by atoms with Crippen molar-refractivity contribution in [2.45, 2.75) is 105 Å². The third kappa shape index (κ3) is 21.0. The van der Waals surface area contributed by atoms with E-state index in [1.54, 1.807) is 36.4 Å². The number of nitrogens with two attached hydrogens (primary N) is 1. The summed E-state index contributed by atoms with van der Waals surface area (Å²) in [4.78, 5) is 77.5. The maximum absolute atomic E-state index is 12.3. The average molecular weight is 1550 g/mol. The summed E-state index contributed by atoms with van der Waals surface area (Å²) in [7, 11) is -2.26. The Balaban J connectivity index is 0.000000167. The standard InChI is InChI=1S/C24H26Cl2N4O5Si.C20H25Cl2N3O2Si.C19H13Cl2N3O4.C3HClN2O3/c1-14-17-12-16(5-6-20(17)30(28-14)13-33-7-8-36(2,3)4)34-22-18(25)9-15(10-19(22)26)11-21(31)23-27-24(32)35-29-23;1-13-16-11-15(27-20-17(21)9-14(23)10-18(20)22)5-6-19(16)25(24-13)12-26-7-8-28(2,3)4;1-9-13-7-12(3-2-11(13)8-22-9)27-17-14(20)4-10(5-15(17)21)6-16(25)18-23-19(26)28-24-18;4-1(7)2-5-3(8)9-6-2/h5-6,9-10,12H,7-8,11,13H2,1-4H3,(H,27,29,32);5-6,9-11H,7-8,12,23H2,1-4H3;2-5,7H,6,8H2,1H3,(H,23,24,26);(H,5,6,8). The van der Waals surface area contributed by atoms with Gasteiger partial charge in [0.2, 0.25) is 29.0 Å². The molecular weight excluding hydrogens is 1490 g/mol. The third-order valence-corrected chi connectivity index (χ3v) is 20.0. The number of fused-ring (bicyclic) bond motifs is 3. The number of aliphatic imine (C=N–C) groups is 1. The zero-order valence-electron chi connectivity index (χ0n) is 55.5. The Hall–Kier alpha value is -8.66. The molecule has 11 aromatic rings. The van der Waals surface area contributed by atoms with Crippen LogP contribution in [0.5, 0.6) is 34.5 Å². The molecule has 0 aliphatic carbocycles. The number of ether oxygens (including phenoxy) is 5. The highest BCUT2D eigenvalue weighted by Crippen LogP contribution is 2.42. The number of carbonyl (C=O) groups is 3. The van der Waals surface area contributed by atoms with Crippen molar-refractivity contribution >= 4 is 147 Å². The molecule has 101 heavy (non-hydrogen) atoms. The lowest BCUT2D eigenvalue weighted by Gasteiger charge is -2.15. The molecule has 530 valence electrons. The fourth-order valence-corrected chi connectivity index (χ4v) is 13.0. The van der Waals surface area contributed by atoms with Gasteiger partial charge in [0.1, 0.15) is 30.7 Å². The number of Topliss-reactive ketones (excluding diaryl/α,β-unsaturated/α-hetero) is 2. The van der Waals surface area contributed by atoms with Gasteiger partial charge in [-0.25, -0.2) is 23.7 Å². The number of ketones is 2. The van der Waals surface area contributed by atoms with E-state index < -0.39 is 50.2 Å². The summed E-state index contributed by atoms with van der Waals surface area (Å²) in [5.41, 5.74) is 14.1. The minimum absolute atomic E-state index is 0.0588. The second-order valence-electron chi connectivity index (χ2n) is 25.1. The monoisotopic (exact) mass is 1550 g/mol. The van der Waals surface area contributed by atoms with E-state index in [1.165, 1.54) is 0 Å². The fourth-order valence-electron chi connectivity index (χ4n) is 9.61. The molecular formula is C66H65Cl7N12O14Si2. The van der Waals surface area contributed by atoms with Crippen molar-refractivity contribution in [3.05, 3.63) is 204 Å². The summed E-state index contributed by atoms with van der Waals surface area (Å²) in [6.45, 7) is 22.8. The summed E-state index contributed by atoms with van der Waals surface area (Å²) >= 11 is 42.8. The predicted molar refractivity (Wildman–Crippen MR) is 391 cm³/mol. The molecule has 1 aliphatic heterocycles. The Morgan fingerprint density at radius 1 is 0.525 bits per heavy atom. The number of carbonyl (C=O) groups excluding carboxylic acids is 3. The largest absolute Gasteiger partial charge is 0.454 e. The van der Waals surface area contributed by atoms with Crippen molar-refractivity contribution in [2.24, 2.45) is 4.99 Å². The van der Waals surface area contributed by atoms with E-state index in [9.17, 15) is 28.8 Å². The van der Waals surface area contributed by atoms with E-state index in [0.717, 1.165) is 68.7 Å². The number of anilines is 1. The fraction of sp³-hybridized carbons (Fsp3) is 0.273. The second kappa shape index (κ2) is 33.4. The molecule has 0 saturated carbocycles. The van der Waals surface area contributed by atoms with Crippen LogP contribution in [0, 0.1) is 13.8 Å². The molecule has 0 saturated heterocycles. The zero-order chi connectivity index (χ0) is 73.2. The number of nitrogen functional groups attached to an aromatic ring is 1. The molecule has 26 nitrogen and oxygen atoms in total. The molecule has 0 bridgehead atoms. The SMILES string of the molecule is CC1=NCc2ccc(Oc3c(Cl)cc(CC(=O)c4noc(=O)[nH]4)cc3Cl)cc21.Cc1nn(COCC[Si](C)(C)C)c2ccc(Oc3c(Cl)cc(CC(=O)c4noc(=O)[nH]4)cc3Cl)cc12.Cc1nn(COCC[Si](C)(C)C)c2ccc(Oc3c(Cl)cc(N)cc3Cl)cc12.O=C(Cl)c1noc(=O)[nH]1. The van der Waals surface area contributed by atoms with E-state index in [0.29, 0.717) is 82.2 Å². The van der Waals surface area contributed by atoms with E-state index in [1.807, 2.05) is 89.7 Å². The third-order valence-electron chi connectivity index (χ3n) is 14.8. The number of nitrogens with zero attached hydrogens (tertiary/aromatic N) is 8. The number of aromatic nitrogens is 10. The number of aryl methyl sites for hydroxylation is 2. The summed E-state index contributed by atoms with van der Waals surface area (Å²) in [6, 6.07) is 28.8. The number of rotatable bonds is 23. The smallest absolute Gasteiger partial charge is 0.439 e. The van der Waals surface area contributed by atoms with Crippen LogP contribution in [0.3, 0.4) is 0 Å². The zero-order valence-corrected chi connectivity index (χ0v) is 62.8. The second-order valence-corrected chi connectivity index (χ2v) is 39.2. The number of H-pyrrole nitrogens is 3. The maximum Gasteiger partial charge on any atom is 0.439 e. The molecule has 1 aliphatic rings. The van der Waals surface area contributed by atoms with Crippen molar-refractivity contribution in [3.8, 4) is 34.5 Å². The normalized spacial score (nSPS) is 11.9. The Labute approximate surface area is 612 Å². The average Bonchev–Trinajstić information content (AvgIpc) is 1.78. The first-order chi connectivity index (χ1) is 47.7. The quantitative estimate of drug-likeness (QED) is 0.0152. The lowest BCUT2D eigenvalue weighted by atomic mass is 10.1. The molecule has 0 radical (unpaired) electrons. The van der Waals surface area contributed by atoms with Gasteiger partial charge in [-0.15, -0.1) is 0 Å². The minimum Gasteiger partial charge on any atom is -0.454 e. The van der Waals surface area contributed by atoms with Crippen LogP contribution < -0.4 is 37.2 Å². The van der Waals surface area contributed by atoms with Crippen LogP contribution in [0.2, 0.25) is 81.5 Å². The minimum atomic E-state index is -1.15. The first-order valence-electron chi connectivity index (χ1n) is 30.7. The van der Waals surface area contributed by atoms with Crippen molar-refractivity contribution in [3.63, 3.8) is 0 Å². The number of hydrogen-bond donors (Lipinski definition) is 4. The van der Waals surface area contributed by atoms with Gasteiger partial charge in [-0.2, -0.15) is 10.2 Å². The van der Waals surface area contributed by atoms with Gasteiger partial charge in [-0.05, 0) is 146 Å². The molecule has 35 heteroatoms. The molecule has 12 rings (SSSR count). The van der Waals surface area contributed by atoms with E-state index in [-0.39, 0.29) is 56.2 Å². The molecule has 6 heterocycles. The van der Waals surface area contributed by atoms with E-state index >= 15 is 0 Å². The number of hydrogen-bond acceptors (Lipinski definition) is 21. The van der Waals surface area contributed by atoms with Gasteiger partial charge in [0.05, 0.1) is 59.1 Å². The van der Waals surface area contributed by atoms with E-state index in [2.05, 4.69) is 93.5 Å². The summed E-state index contributed by atoms with van der Waals surface area (Å²) in [5, 5.41) is 21.8. The van der Waals surface area contributed by atoms with Crippen LogP contribution in [-0.2, 0) is 42.3 Å². The summed E-state index contributed by atoms with van der Waals surface area (Å²) < 4.78 is 45.9. The Kier molecular flexibility index (Phi) is 25.3. The van der Waals surface area contributed by atoms with Gasteiger partial charge in [0, 0.05) is 69.9 Å².